The molecule has 0 radical (unpaired) electrons. The summed E-state index contributed by atoms with van der Waals surface area (Å²) in [5.74, 6) is -0.00602. The summed E-state index contributed by atoms with van der Waals surface area (Å²) in [5, 5.41) is 8.90. The largest absolute Gasteiger partial charge is 0.481 e. The van der Waals surface area contributed by atoms with Gasteiger partial charge in [-0.25, -0.2) is 0 Å². The van der Waals surface area contributed by atoms with Crippen LogP contribution in [-0.2, 0) is 9.59 Å². The SMILES string of the molecule is CC(CC(=O)O)C1CCCN(C(=O)C(C)(N)C2CC2)C1. The van der Waals surface area contributed by atoms with Gasteiger partial charge in [-0.1, -0.05) is 6.92 Å². The second-order valence-electron chi connectivity index (χ2n) is 6.79. The van der Waals surface area contributed by atoms with E-state index in [2.05, 4.69) is 0 Å². The molecule has 2 aliphatic rings. The fourth-order valence-electron chi connectivity index (χ4n) is 3.30. The Morgan fingerprint density at radius 1 is 1.40 bits per heavy atom. The maximum absolute atomic E-state index is 12.6. The van der Waals surface area contributed by atoms with Crippen molar-refractivity contribution in [1.29, 1.82) is 0 Å². The maximum Gasteiger partial charge on any atom is 0.303 e. The van der Waals surface area contributed by atoms with Crippen molar-refractivity contribution < 1.29 is 14.7 Å². The van der Waals surface area contributed by atoms with Crippen molar-refractivity contribution in [3.8, 4) is 0 Å². The Hall–Kier alpha value is -1.10. The van der Waals surface area contributed by atoms with Crippen LogP contribution in [0.15, 0.2) is 0 Å². The number of carboxylic acid groups (broad SMARTS) is 1. The van der Waals surface area contributed by atoms with Gasteiger partial charge in [0.15, 0.2) is 0 Å². The summed E-state index contributed by atoms with van der Waals surface area (Å²) in [7, 11) is 0. The highest BCUT2D eigenvalue weighted by molar-refractivity contribution is 5.86. The molecule has 0 aromatic carbocycles. The Bertz CT molecular complexity index is 391. The number of hydrogen-bond donors (Lipinski definition) is 2. The highest BCUT2D eigenvalue weighted by atomic mass is 16.4. The first-order valence-electron chi connectivity index (χ1n) is 7.62. The number of piperidine rings is 1. The molecule has 0 aromatic heterocycles. The van der Waals surface area contributed by atoms with E-state index in [1.807, 2.05) is 18.7 Å². The second-order valence-corrected chi connectivity index (χ2v) is 6.79. The van der Waals surface area contributed by atoms with Crippen molar-refractivity contribution in [2.24, 2.45) is 23.5 Å². The van der Waals surface area contributed by atoms with E-state index in [1.165, 1.54) is 0 Å². The molecule has 1 amide bonds. The third-order valence-corrected chi connectivity index (χ3v) is 4.93. The first kappa shape index (κ1) is 15.3. The van der Waals surface area contributed by atoms with E-state index in [9.17, 15) is 9.59 Å². The van der Waals surface area contributed by atoms with Gasteiger partial charge in [-0.2, -0.15) is 0 Å². The standard InChI is InChI=1S/C15H26N2O3/c1-10(8-13(18)19)11-4-3-7-17(9-11)14(20)15(2,16)12-5-6-12/h10-12H,3-9,16H2,1-2H3,(H,18,19). The summed E-state index contributed by atoms with van der Waals surface area (Å²) >= 11 is 0. The molecule has 1 saturated carbocycles. The van der Waals surface area contributed by atoms with E-state index in [-0.39, 0.29) is 24.2 Å². The zero-order valence-corrected chi connectivity index (χ0v) is 12.5. The van der Waals surface area contributed by atoms with Gasteiger partial charge in [0.25, 0.3) is 0 Å². The minimum absolute atomic E-state index is 0.0484. The number of carbonyl (C=O) groups excluding carboxylic acids is 1. The highest BCUT2D eigenvalue weighted by Gasteiger charge is 2.46. The van der Waals surface area contributed by atoms with Crippen LogP contribution in [-0.4, -0.2) is 40.5 Å². The predicted molar refractivity (Wildman–Crippen MR) is 76.0 cm³/mol. The van der Waals surface area contributed by atoms with Crippen LogP contribution < -0.4 is 5.73 Å². The zero-order chi connectivity index (χ0) is 14.9. The van der Waals surface area contributed by atoms with Gasteiger partial charge in [-0.3, -0.25) is 9.59 Å². The molecule has 1 aliphatic heterocycles. The monoisotopic (exact) mass is 282 g/mol. The molecular formula is C15H26N2O3. The summed E-state index contributed by atoms with van der Waals surface area (Å²) in [6.45, 7) is 5.23. The minimum atomic E-state index is -0.761. The molecule has 5 heteroatoms. The average Bonchev–Trinajstić information content (AvgIpc) is 3.21. The Kier molecular flexibility index (Phi) is 4.37. The number of nitrogens with two attached hydrogens (primary N) is 1. The van der Waals surface area contributed by atoms with Gasteiger partial charge in [0.1, 0.15) is 0 Å². The van der Waals surface area contributed by atoms with Gasteiger partial charge in [0.2, 0.25) is 5.91 Å². The van der Waals surface area contributed by atoms with Crippen molar-refractivity contribution in [3.63, 3.8) is 0 Å². The first-order valence-corrected chi connectivity index (χ1v) is 7.62. The maximum atomic E-state index is 12.6. The summed E-state index contributed by atoms with van der Waals surface area (Å²) in [5.41, 5.74) is 5.48. The number of amides is 1. The second kappa shape index (κ2) is 5.72. The lowest BCUT2D eigenvalue weighted by Crippen LogP contribution is -2.57. The molecule has 3 atom stereocenters. The van der Waals surface area contributed by atoms with Crippen LogP contribution in [0.1, 0.15) is 46.0 Å². The number of carboxylic acids is 1. The quantitative estimate of drug-likeness (QED) is 0.799. The van der Waals surface area contributed by atoms with Gasteiger partial charge < -0.3 is 15.7 Å². The molecule has 5 nitrogen and oxygen atoms in total. The van der Waals surface area contributed by atoms with Gasteiger partial charge in [0, 0.05) is 19.5 Å². The fraction of sp³-hybridized carbons (Fsp3) is 0.867. The van der Waals surface area contributed by atoms with Crippen molar-refractivity contribution in [1.82, 2.24) is 4.90 Å². The third kappa shape index (κ3) is 3.32. The molecule has 20 heavy (non-hydrogen) atoms. The van der Waals surface area contributed by atoms with Crippen LogP contribution in [0.3, 0.4) is 0 Å². The summed E-state index contributed by atoms with van der Waals surface area (Å²) in [6, 6.07) is 0. The number of hydrogen-bond acceptors (Lipinski definition) is 3. The highest BCUT2D eigenvalue weighted by Crippen LogP contribution is 2.39. The number of likely N-dealkylation sites (tertiary alicyclic amines) is 1. The molecule has 1 heterocycles. The molecule has 0 aromatic rings. The molecule has 1 saturated heterocycles. The number of carbonyl (C=O) groups is 2. The Balaban J connectivity index is 1.96. The van der Waals surface area contributed by atoms with Crippen molar-refractivity contribution in [2.75, 3.05) is 13.1 Å². The Morgan fingerprint density at radius 3 is 2.60 bits per heavy atom. The van der Waals surface area contributed by atoms with Crippen LogP contribution in [0.2, 0.25) is 0 Å². The Labute approximate surface area is 120 Å². The number of aliphatic carboxylic acids is 1. The predicted octanol–water partition coefficient (Wildman–Crippen LogP) is 1.46. The van der Waals surface area contributed by atoms with Crippen molar-refractivity contribution in [3.05, 3.63) is 0 Å². The molecule has 3 N–H and O–H groups in total. The number of rotatable bonds is 5. The normalized spacial score (nSPS) is 27.8. The molecular weight excluding hydrogens is 256 g/mol. The fourth-order valence-corrected chi connectivity index (χ4v) is 3.30. The van der Waals surface area contributed by atoms with E-state index < -0.39 is 11.5 Å². The van der Waals surface area contributed by atoms with Crippen LogP contribution in [0, 0.1) is 17.8 Å². The number of nitrogens with zero attached hydrogens (tertiary/aromatic N) is 1. The van der Waals surface area contributed by atoms with Crippen LogP contribution >= 0.6 is 0 Å². The van der Waals surface area contributed by atoms with Gasteiger partial charge in [0.05, 0.1) is 5.54 Å². The third-order valence-electron chi connectivity index (χ3n) is 4.93. The molecule has 114 valence electrons. The first-order chi connectivity index (χ1) is 9.32. The molecule has 0 spiro atoms. The lowest BCUT2D eigenvalue weighted by atomic mass is 9.83. The van der Waals surface area contributed by atoms with Crippen molar-refractivity contribution in [2.45, 2.75) is 51.5 Å². The molecule has 1 aliphatic carbocycles. The minimum Gasteiger partial charge on any atom is -0.481 e. The summed E-state index contributed by atoms with van der Waals surface area (Å²) in [6.07, 6.45) is 4.22. The van der Waals surface area contributed by atoms with Crippen molar-refractivity contribution >= 4 is 11.9 Å². The zero-order valence-electron chi connectivity index (χ0n) is 12.5. The topological polar surface area (TPSA) is 83.6 Å². The van der Waals surface area contributed by atoms with Gasteiger partial charge in [-0.05, 0) is 50.4 Å². The average molecular weight is 282 g/mol. The van der Waals surface area contributed by atoms with E-state index in [4.69, 9.17) is 10.8 Å². The molecule has 3 unspecified atom stereocenters. The van der Waals surface area contributed by atoms with Crippen LogP contribution in [0.5, 0.6) is 0 Å². The van der Waals surface area contributed by atoms with E-state index >= 15 is 0 Å². The summed E-state index contributed by atoms with van der Waals surface area (Å²) < 4.78 is 0. The summed E-state index contributed by atoms with van der Waals surface area (Å²) in [4.78, 5) is 25.3. The van der Waals surface area contributed by atoms with E-state index in [1.54, 1.807) is 0 Å². The lowest BCUT2D eigenvalue weighted by molar-refractivity contribution is -0.140. The van der Waals surface area contributed by atoms with E-state index in [0.29, 0.717) is 12.5 Å². The molecule has 2 rings (SSSR count). The lowest BCUT2D eigenvalue weighted by Gasteiger charge is -2.39. The van der Waals surface area contributed by atoms with Crippen LogP contribution in [0.25, 0.3) is 0 Å². The van der Waals surface area contributed by atoms with E-state index in [0.717, 1.165) is 32.2 Å². The molecule has 2 fully saturated rings. The van der Waals surface area contributed by atoms with Crippen LogP contribution in [0.4, 0.5) is 0 Å². The van der Waals surface area contributed by atoms with Gasteiger partial charge >= 0.3 is 5.97 Å². The molecule has 0 bridgehead atoms. The van der Waals surface area contributed by atoms with Gasteiger partial charge in [-0.15, -0.1) is 0 Å². The Morgan fingerprint density at radius 2 is 2.05 bits per heavy atom. The smallest absolute Gasteiger partial charge is 0.303 e.